The fourth-order valence-electron chi connectivity index (χ4n) is 2.55. The quantitative estimate of drug-likeness (QED) is 0.834. The molecule has 1 saturated heterocycles. The van der Waals surface area contributed by atoms with Crippen LogP contribution in [0.4, 0.5) is 5.82 Å². The van der Waals surface area contributed by atoms with Gasteiger partial charge in [0.25, 0.3) is 0 Å². The Morgan fingerprint density at radius 1 is 1.55 bits per heavy atom. The minimum atomic E-state index is -0.275. The Balaban J connectivity index is 1.83. The molecule has 6 nitrogen and oxygen atoms in total. The zero-order valence-corrected chi connectivity index (χ0v) is 11.5. The van der Waals surface area contributed by atoms with Gasteiger partial charge < -0.3 is 15.0 Å². The van der Waals surface area contributed by atoms with E-state index >= 15 is 0 Å². The molecule has 0 aliphatic carbocycles. The summed E-state index contributed by atoms with van der Waals surface area (Å²) < 4.78 is 7.13. The number of aromatic nitrogens is 2. The number of fused-ring (bicyclic) bond motifs is 1. The summed E-state index contributed by atoms with van der Waals surface area (Å²) in [6.07, 6.45) is 3.72. The summed E-state index contributed by atoms with van der Waals surface area (Å²) in [5.74, 6) is 0.866. The number of carbonyl (C=O) groups excluding carboxylic acids is 1. The number of hydrogen-bond donors (Lipinski definition) is 1. The maximum absolute atomic E-state index is 11.9. The highest BCUT2D eigenvalue weighted by Crippen LogP contribution is 2.18. The van der Waals surface area contributed by atoms with Gasteiger partial charge in [0.05, 0.1) is 6.61 Å². The maximum Gasteiger partial charge on any atom is 0.324 e. The first-order chi connectivity index (χ1) is 9.79. The van der Waals surface area contributed by atoms with E-state index in [9.17, 15) is 4.79 Å². The maximum atomic E-state index is 11.9. The molecule has 1 aliphatic heterocycles. The van der Waals surface area contributed by atoms with Crippen molar-refractivity contribution in [1.82, 2.24) is 14.7 Å². The normalized spacial score (nSPS) is 19.2. The molecule has 6 heteroatoms. The van der Waals surface area contributed by atoms with E-state index in [-0.39, 0.29) is 12.0 Å². The number of esters is 1. The van der Waals surface area contributed by atoms with Gasteiger partial charge in [0.1, 0.15) is 17.5 Å². The molecule has 0 amide bonds. The van der Waals surface area contributed by atoms with Crippen molar-refractivity contribution >= 4 is 17.4 Å². The first kappa shape index (κ1) is 12.9. The molecule has 3 rings (SSSR count). The number of imidazole rings is 1. The van der Waals surface area contributed by atoms with Gasteiger partial charge in [0.15, 0.2) is 0 Å². The standard InChI is InChI=1S/C14H18N4O2/c1-2-20-14(19)11-10-17(8-6-15-11)13-5-3-4-12-16-7-9-18(12)13/h3-5,7,9,11,15H,2,6,8,10H2,1H3/t11-/m0/s1. The molecule has 0 unspecified atom stereocenters. The number of anilines is 1. The van der Waals surface area contributed by atoms with Crippen molar-refractivity contribution in [1.29, 1.82) is 0 Å². The first-order valence-corrected chi connectivity index (χ1v) is 6.86. The SMILES string of the molecule is CCOC(=O)[C@@H]1CN(c2cccc3nccn23)CCN1. The lowest BCUT2D eigenvalue weighted by atomic mass is 10.2. The lowest BCUT2D eigenvalue weighted by molar-refractivity contribution is -0.145. The number of pyridine rings is 1. The highest BCUT2D eigenvalue weighted by Gasteiger charge is 2.27. The number of ether oxygens (including phenoxy) is 1. The first-order valence-electron chi connectivity index (χ1n) is 6.86. The molecule has 20 heavy (non-hydrogen) atoms. The average molecular weight is 274 g/mol. The molecular formula is C14H18N4O2. The van der Waals surface area contributed by atoms with Gasteiger partial charge >= 0.3 is 5.97 Å². The van der Waals surface area contributed by atoms with Crippen LogP contribution in [0.25, 0.3) is 5.65 Å². The molecule has 1 fully saturated rings. The molecule has 1 atom stereocenters. The summed E-state index contributed by atoms with van der Waals surface area (Å²) in [4.78, 5) is 18.3. The van der Waals surface area contributed by atoms with Gasteiger partial charge in [-0.15, -0.1) is 0 Å². The summed E-state index contributed by atoms with van der Waals surface area (Å²) in [6, 6.07) is 5.72. The molecule has 0 bridgehead atoms. The van der Waals surface area contributed by atoms with Crippen molar-refractivity contribution in [3.63, 3.8) is 0 Å². The third kappa shape index (κ3) is 2.34. The minimum Gasteiger partial charge on any atom is -0.465 e. The summed E-state index contributed by atoms with van der Waals surface area (Å²) in [5.41, 5.74) is 0.911. The second kappa shape index (κ2) is 5.50. The number of nitrogens with one attached hydrogen (secondary N) is 1. The molecule has 0 aromatic carbocycles. The lowest BCUT2D eigenvalue weighted by Gasteiger charge is -2.34. The smallest absolute Gasteiger partial charge is 0.324 e. The summed E-state index contributed by atoms with van der Waals surface area (Å²) >= 11 is 0. The number of piperazine rings is 1. The van der Waals surface area contributed by atoms with Crippen molar-refractivity contribution in [2.75, 3.05) is 31.1 Å². The van der Waals surface area contributed by atoms with E-state index in [1.54, 1.807) is 6.20 Å². The fraction of sp³-hybridized carbons (Fsp3) is 0.429. The van der Waals surface area contributed by atoms with E-state index < -0.39 is 0 Å². The molecule has 0 radical (unpaired) electrons. The Bertz CT molecular complexity index is 610. The van der Waals surface area contributed by atoms with Crippen molar-refractivity contribution in [3.05, 3.63) is 30.6 Å². The third-order valence-electron chi connectivity index (χ3n) is 3.48. The van der Waals surface area contributed by atoms with E-state index in [4.69, 9.17) is 4.74 Å². The van der Waals surface area contributed by atoms with Gasteiger partial charge in [-0.3, -0.25) is 9.20 Å². The molecular weight excluding hydrogens is 256 g/mol. The average Bonchev–Trinajstić information content (AvgIpc) is 2.96. The molecule has 106 valence electrons. The van der Waals surface area contributed by atoms with Crippen LogP contribution in [0.5, 0.6) is 0 Å². The summed E-state index contributed by atoms with van der Waals surface area (Å²) in [7, 11) is 0. The van der Waals surface area contributed by atoms with Crippen LogP contribution in [-0.4, -0.2) is 47.6 Å². The van der Waals surface area contributed by atoms with E-state index in [0.717, 1.165) is 24.6 Å². The molecule has 2 aromatic rings. The number of rotatable bonds is 3. The Hall–Kier alpha value is -2.08. The zero-order valence-electron chi connectivity index (χ0n) is 11.5. The Labute approximate surface area is 117 Å². The van der Waals surface area contributed by atoms with E-state index in [2.05, 4.69) is 15.2 Å². The molecule has 1 aliphatic rings. The van der Waals surface area contributed by atoms with Gasteiger partial charge in [-0.1, -0.05) is 6.07 Å². The van der Waals surface area contributed by atoms with Gasteiger partial charge in [-0.2, -0.15) is 0 Å². The predicted octanol–water partition coefficient (Wildman–Crippen LogP) is 0.676. The van der Waals surface area contributed by atoms with E-state index in [1.807, 2.05) is 35.7 Å². The Kier molecular flexibility index (Phi) is 3.56. The van der Waals surface area contributed by atoms with Gasteiger partial charge in [0, 0.05) is 32.0 Å². The van der Waals surface area contributed by atoms with E-state index in [0.29, 0.717) is 13.2 Å². The van der Waals surface area contributed by atoms with Crippen LogP contribution in [0.3, 0.4) is 0 Å². The minimum absolute atomic E-state index is 0.185. The summed E-state index contributed by atoms with van der Waals surface area (Å²) in [5, 5.41) is 3.20. The van der Waals surface area contributed by atoms with Gasteiger partial charge in [0.2, 0.25) is 0 Å². The van der Waals surface area contributed by atoms with Crippen molar-refractivity contribution in [2.24, 2.45) is 0 Å². The molecule has 1 N–H and O–H groups in total. The molecule has 3 heterocycles. The Morgan fingerprint density at radius 3 is 3.30 bits per heavy atom. The predicted molar refractivity (Wildman–Crippen MR) is 75.8 cm³/mol. The van der Waals surface area contributed by atoms with Crippen molar-refractivity contribution in [3.8, 4) is 0 Å². The van der Waals surface area contributed by atoms with Crippen LogP contribution in [0.2, 0.25) is 0 Å². The Morgan fingerprint density at radius 2 is 2.45 bits per heavy atom. The number of nitrogens with zero attached hydrogens (tertiary/aromatic N) is 3. The van der Waals surface area contributed by atoms with Crippen LogP contribution in [0.1, 0.15) is 6.92 Å². The molecule has 0 saturated carbocycles. The zero-order chi connectivity index (χ0) is 13.9. The van der Waals surface area contributed by atoms with Crippen LogP contribution in [0, 0.1) is 0 Å². The van der Waals surface area contributed by atoms with Gasteiger partial charge in [-0.05, 0) is 19.1 Å². The third-order valence-corrected chi connectivity index (χ3v) is 3.48. The number of carbonyl (C=O) groups is 1. The largest absolute Gasteiger partial charge is 0.465 e. The van der Waals surface area contributed by atoms with Crippen molar-refractivity contribution in [2.45, 2.75) is 13.0 Å². The van der Waals surface area contributed by atoms with Gasteiger partial charge in [-0.25, -0.2) is 4.98 Å². The van der Waals surface area contributed by atoms with E-state index in [1.165, 1.54) is 0 Å². The fourth-order valence-corrected chi connectivity index (χ4v) is 2.55. The molecule has 2 aromatic heterocycles. The highest BCUT2D eigenvalue weighted by atomic mass is 16.5. The number of hydrogen-bond acceptors (Lipinski definition) is 5. The second-order valence-corrected chi connectivity index (χ2v) is 4.74. The van der Waals surface area contributed by atoms with Crippen LogP contribution < -0.4 is 10.2 Å². The van der Waals surface area contributed by atoms with Crippen LogP contribution in [-0.2, 0) is 9.53 Å². The van der Waals surface area contributed by atoms with Crippen LogP contribution in [0.15, 0.2) is 30.6 Å². The molecule has 0 spiro atoms. The van der Waals surface area contributed by atoms with Crippen molar-refractivity contribution < 1.29 is 9.53 Å². The lowest BCUT2D eigenvalue weighted by Crippen LogP contribution is -2.55. The van der Waals surface area contributed by atoms with Crippen LogP contribution >= 0.6 is 0 Å². The monoisotopic (exact) mass is 274 g/mol. The second-order valence-electron chi connectivity index (χ2n) is 4.74. The summed E-state index contributed by atoms with van der Waals surface area (Å²) in [6.45, 7) is 4.46. The topological polar surface area (TPSA) is 58.9 Å². The highest BCUT2D eigenvalue weighted by molar-refractivity contribution is 5.77.